The van der Waals surface area contributed by atoms with Gasteiger partial charge in [0.2, 0.25) is 0 Å². The Balaban J connectivity index is 1.29. The standard InChI is InChI=1S/C47H52/c1-28(2)39-41(30-16-7-5-8-17-30)47(42(39)31-18-9-6-10-19-31)38-26-25-35-37-27-32-20-12-14-22-34(32)43(37)46(3,4)45(35)40(38)36-24-23-29-15-11-13-21-33(29)44(36)47/h11-15,20-26,28,30-31,39,41-42H,5-10,16-19,27H2,1-4H3. The molecule has 6 aliphatic rings. The van der Waals surface area contributed by atoms with Crippen molar-refractivity contribution in [2.75, 3.05) is 0 Å². The van der Waals surface area contributed by atoms with Crippen molar-refractivity contribution in [2.45, 2.75) is 109 Å². The monoisotopic (exact) mass is 616 g/mol. The fraction of sp³-hybridized carbons (Fsp3) is 0.489. The number of benzene rings is 4. The summed E-state index contributed by atoms with van der Waals surface area (Å²) in [6.45, 7) is 10.3. The average molecular weight is 617 g/mol. The van der Waals surface area contributed by atoms with Gasteiger partial charge in [-0.15, -0.1) is 0 Å². The first kappa shape index (κ1) is 28.9. The Morgan fingerprint density at radius 3 is 1.96 bits per heavy atom. The molecule has 0 aromatic heterocycles. The SMILES string of the molecule is CC(C)C1C(C2CCCCC2)C2(c3ccc4c(c3-c3ccc5ccccc5c32)C(C)(C)C2=C4Cc3ccccc32)C1C1CCCCC1. The van der Waals surface area contributed by atoms with Gasteiger partial charge in [-0.1, -0.05) is 165 Å². The van der Waals surface area contributed by atoms with Crippen molar-refractivity contribution >= 4 is 21.9 Å². The van der Waals surface area contributed by atoms with Crippen LogP contribution in [0.3, 0.4) is 0 Å². The lowest BCUT2D eigenvalue weighted by Crippen LogP contribution is -2.66. The normalized spacial score (nSPS) is 29.2. The van der Waals surface area contributed by atoms with E-state index in [0.717, 1.165) is 41.9 Å². The molecule has 4 aromatic rings. The van der Waals surface area contributed by atoms with Crippen LogP contribution in [0.15, 0.2) is 72.8 Å². The summed E-state index contributed by atoms with van der Waals surface area (Å²) < 4.78 is 0. The third-order valence-corrected chi connectivity index (χ3v) is 14.8. The first-order valence-corrected chi connectivity index (χ1v) is 19.5. The minimum atomic E-state index is -0.0150. The van der Waals surface area contributed by atoms with Crippen molar-refractivity contribution in [1.82, 2.24) is 0 Å². The van der Waals surface area contributed by atoms with Gasteiger partial charge in [0.25, 0.3) is 0 Å². The van der Waals surface area contributed by atoms with Crippen LogP contribution >= 0.6 is 0 Å². The van der Waals surface area contributed by atoms with Gasteiger partial charge < -0.3 is 0 Å². The molecule has 10 rings (SSSR count). The Morgan fingerprint density at radius 2 is 1.26 bits per heavy atom. The Labute approximate surface area is 283 Å². The zero-order valence-corrected chi connectivity index (χ0v) is 29.2. The highest BCUT2D eigenvalue weighted by molar-refractivity contribution is 6.10. The van der Waals surface area contributed by atoms with Gasteiger partial charge in [0.1, 0.15) is 0 Å². The summed E-state index contributed by atoms with van der Waals surface area (Å²) in [5.41, 5.74) is 16.3. The van der Waals surface area contributed by atoms with Gasteiger partial charge in [0.05, 0.1) is 0 Å². The van der Waals surface area contributed by atoms with E-state index in [1.807, 2.05) is 0 Å². The van der Waals surface area contributed by atoms with Gasteiger partial charge in [0.15, 0.2) is 0 Å². The van der Waals surface area contributed by atoms with Crippen LogP contribution in [0.5, 0.6) is 0 Å². The molecule has 2 unspecified atom stereocenters. The van der Waals surface area contributed by atoms with Crippen LogP contribution in [-0.4, -0.2) is 0 Å². The molecule has 4 aromatic carbocycles. The molecule has 3 fully saturated rings. The number of hydrogen-bond acceptors (Lipinski definition) is 0. The van der Waals surface area contributed by atoms with E-state index in [0.29, 0.717) is 0 Å². The molecule has 0 N–H and O–H groups in total. The number of allylic oxidation sites excluding steroid dienone is 2. The highest BCUT2D eigenvalue weighted by Crippen LogP contribution is 2.76. The Bertz CT molecular complexity index is 1930. The number of rotatable bonds is 3. The quantitative estimate of drug-likeness (QED) is 0.215. The molecule has 0 amide bonds. The Morgan fingerprint density at radius 1 is 0.617 bits per heavy atom. The second-order valence-electron chi connectivity index (χ2n) is 17.5. The van der Waals surface area contributed by atoms with Crippen molar-refractivity contribution in [1.29, 1.82) is 0 Å². The molecule has 0 aliphatic heterocycles. The molecule has 2 atom stereocenters. The molecule has 240 valence electrons. The highest BCUT2D eigenvalue weighted by atomic mass is 14.7. The lowest BCUT2D eigenvalue weighted by molar-refractivity contribution is -0.130. The van der Waals surface area contributed by atoms with Gasteiger partial charge in [0, 0.05) is 10.8 Å². The zero-order chi connectivity index (χ0) is 31.7. The maximum atomic E-state index is 2.72. The predicted molar refractivity (Wildman–Crippen MR) is 199 cm³/mol. The molecule has 0 saturated heterocycles. The summed E-state index contributed by atoms with van der Waals surface area (Å²) in [6.07, 6.45) is 15.4. The van der Waals surface area contributed by atoms with Crippen molar-refractivity contribution in [2.24, 2.45) is 35.5 Å². The van der Waals surface area contributed by atoms with Crippen LogP contribution in [0.2, 0.25) is 0 Å². The number of hydrogen-bond donors (Lipinski definition) is 0. The largest absolute Gasteiger partial charge is 0.0625 e. The van der Waals surface area contributed by atoms with Crippen molar-refractivity contribution in [3.8, 4) is 11.1 Å². The van der Waals surface area contributed by atoms with E-state index in [4.69, 9.17) is 0 Å². The Hall–Kier alpha value is -3.12. The lowest BCUT2D eigenvalue weighted by atomic mass is 9.35. The number of fused-ring (bicyclic) bond motifs is 12. The summed E-state index contributed by atoms with van der Waals surface area (Å²) in [7, 11) is 0. The molecule has 0 heteroatoms. The molecule has 3 saturated carbocycles. The molecular formula is C47H52. The summed E-state index contributed by atoms with van der Waals surface area (Å²) in [5, 5.41) is 3.00. The van der Waals surface area contributed by atoms with Crippen LogP contribution in [0.25, 0.3) is 33.0 Å². The van der Waals surface area contributed by atoms with Gasteiger partial charge in [-0.25, -0.2) is 0 Å². The highest BCUT2D eigenvalue weighted by Gasteiger charge is 2.70. The molecular weight excluding hydrogens is 565 g/mol. The molecule has 0 radical (unpaired) electrons. The van der Waals surface area contributed by atoms with E-state index in [1.54, 1.807) is 49.9 Å². The fourth-order valence-corrected chi connectivity index (χ4v) is 13.4. The van der Waals surface area contributed by atoms with Gasteiger partial charge >= 0.3 is 0 Å². The molecule has 0 heterocycles. The van der Waals surface area contributed by atoms with E-state index in [2.05, 4.69) is 100 Å². The second-order valence-corrected chi connectivity index (χ2v) is 17.5. The molecule has 6 aliphatic carbocycles. The second kappa shape index (κ2) is 10.2. The van der Waals surface area contributed by atoms with Crippen molar-refractivity contribution in [3.63, 3.8) is 0 Å². The maximum Gasteiger partial charge on any atom is 0.0288 e. The van der Waals surface area contributed by atoms with Crippen LogP contribution in [0.4, 0.5) is 0 Å². The first-order chi connectivity index (χ1) is 22.9. The first-order valence-electron chi connectivity index (χ1n) is 19.5. The maximum absolute atomic E-state index is 2.72. The average Bonchev–Trinajstić information content (AvgIpc) is 3.70. The van der Waals surface area contributed by atoms with Crippen LogP contribution in [0.1, 0.15) is 125 Å². The topological polar surface area (TPSA) is 0 Å². The van der Waals surface area contributed by atoms with E-state index in [-0.39, 0.29) is 10.8 Å². The lowest BCUT2D eigenvalue weighted by Gasteiger charge is -2.68. The van der Waals surface area contributed by atoms with Crippen LogP contribution < -0.4 is 0 Å². The van der Waals surface area contributed by atoms with Gasteiger partial charge in [-0.3, -0.25) is 0 Å². The van der Waals surface area contributed by atoms with Crippen LogP contribution in [0, 0.1) is 35.5 Å². The summed E-state index contributed by atoms with van der Waals surface area (Å²) >= 11 is 0. The van der Waals surface area contributed by atoms with Gasteiger partial charge in [-0.2, -0.15) is 0 Å². The smallest absolute Gasteiger partial charge is 0.0288 e. The summed E-state index contributed by atoms with van der Waals surface area (Å²) in [4.78, 5) is 0. The van der Waals surface area contributed by atoms with E-state index >= 15 is 0 Å². The zero-order valence-electron chi connectivity index (χ0n) is 29.2. The molecule has 0 bridgehead atoms. The Kier molecular flexibility index (Phi) is 6.26. The minimum absolute atomic E-state index is 0.0150. The molecule has 1 spiro atoms. The molecule has 47 heavy (non-hydrogen) atoms. The summed E-state index contributed by atoms with van der Waals surface area (Å²) in [5.74, 6) is 4.70. The fourth-order valence-electron chi connectivity index (χ4n) is 13.4. The van der Waals surface area contributed by atoms with Gasteiger partial charge in [-0.05, 0) is 108 Å². The minimum Gasteiger partial charge on any atom is -0.0625 e. The third kappa shape index (κ3) is 3.61. The van der Waals surface area contributed by atoms with E-state index in [1.165, 1.54) is 80.7 Å². The van der Waals surface area contributed by atoms with E-state index < -0.39 is 0 Å². The predicted octanol–water partition coefficient (Wildman–Crippen LogP) is 12.5. The third-order valence-electron chi connectivity index (χ3n) is 14.8. The van der Waals surface area contributed by atoms with E-state index in [9.17, 15) is 0 Å². The van der Waals surface area contributed by atoms with Crippen molar-refractivity contribution in [3.05, 3.63) is 106 Å². The van der Waals surface area contributed by atoms with Crippen LogP contribution in [-0.2, 0) is 17.3 Å². The summed E-state index contributed by atoms with van der Waals surface area (Å²) in [6, 6.07) is 29.2. The van der Waals surface area contributed by atoms with Crippen molar-refractivity contribution < 1.29 is 0 Å². The molecule has 0 nitrogen and oxygen atoms in total.